The smallest absolute Gasteiger partial charge is 0.306 e. The number of aromatic hydroxyl groups is 1. The normalized spacial score (nSPS) is 14.1. The molecule has 3 nitrogen and oxygen atoms in total. The first-order valence-corrected chi connectivity index (χ1v) is 5.19. The Morgan fingerprint density at radius 3 is 2.75 bits per heavy atom. The van der Waals surface area contributed by atoms with E-state index in [0.717, 1.165) is 5.56 Å². The number of phenolic OH excluding ortho intramolecular Hbond substituents is 1. The molecule has 0 heterocycles. The molecule has 2 atom stereocenters. The molecule has 0 saturated carbocycles. The molecule has 0 aliphatic carbocycles. The van der Waals surface area contributed by atoms with Crippen LogP contribution < -0.4 is 0 Å². The summed E-state index contributed by atoms with van der Waals surface area (Å²) in [7, 11) is 0. The molecule has 2 N–H and O–H groups in total. The van der Waals surface area contributed by atoms with Crippen LogP contribution in [0.3, 0.4) is 0 Å². The predicted octanol–water partition coefficient (Wildman–Crippen LogP) is 2.77. The summed E-state index contributed by atoms with van der Waals surface area (Å²) in [4.78, 5) is 11.0. The Labute approximate surface area is 95.0 Å². The first-order valence-electron chi connectivity index (χ1n) is 5.19. The molecule has 1 rings (SSSR count). The second-order valence-electron chi connectivity index (χ2n) is 3.85. The summed E-state index contributed by atoms with van der Waals surface area (Å²) < 4.78 is 0. The van der Waals surface area contributed by atoms with Crippen molar-refractivity contribution in [3.63, 3.8) is 0 Å². The summed E-state index contributed by atoms with van der Waals surface area (Å²) in [6.07, 6.45) is 2.28. The number of phenols is 1. The number of carboxylic acid groups (broad SMARTS) is 1. The summed E-state index contributed by atoms with van der Waals surface area (Å²) in [5, 5.41) is 18.4. The molecule has 0 radical (unpaired) electrons. The zero-order chi connectivity index (χ0) is 12.1. The van der Waals surface area contributed by atoms with E-state index in [4.69, 9.17) is 5.11 Å². The Morgan fingerprint density at radius 1 is 1.56 bits per heavy atom. The minimum Gasteiger partial charge on any atom is -0.508 e. The first kappa shape index (κ1) is 12.3. The number of hydrogen-bond acceptors (Lipinski definition) is 2. The Hall–Kier alpha value is -1.77. The Morgan fingerprint density at radius 2 is 2.25 bits per heavy atom. The van der Waals surface area contributed by atoms with Gasteiger partial charge in [0.05, 0.1) is 5.92 Å². The topological polar surface area (TPSA) is 57.5 Å². The molecule has 0 amide bonds. The van der Waals surface area contributed by atoms with Crippen LogP contribution in [0.25, 0.3) is 0 Å². The fourth-order valence-corrected chi connectivity index (χ4v) is 1.74. The molecular weight excluding hydrogens is 204 g/mol. The molecule has 1 aromatic carbocycles. The zero-order valence-corrected chi connectivity index (χ0v) is 9.26. The van der Waals surface area contributed by atoms with Gasteiger partial charge in [0.25, 0.3) is 0 Å². The van der Waals surface area contributed by atoms with E-state index >= 15 is 0 Å². The molecule has 0 aliphatic heterocycles. The lowest BCUT2D eigenvalue weighted by Crippen LogP contribution is -2.18. The third-order valence-electron chi connectivity index (χ3n) is 2.71. The van der Waals surface area contributed by atoms with Crippen molar-refractivity contribution in [3.8, 4) is 5.75 Å². The summed E-state index contributed by atoms with van der Waals surface area (Å²) in [5.74, 6) is -1.33. The molecule has 0 saturated heterocycles. The van der Waals surface area contributed by atoms with E-state index in [1.54, 1.807) is 31.2 Å². The van der Waals surface area contributed by atoms with Crippen molar-refractivity contribution in [2.24, 2.45) is 5.92 Å². The van der Waals surface area contributed by atoms with Crippen LogP contribution in [-0.4, -0.2) is 16.2 Å². The van der Waals surface area contributed by atoms with Crippen LogP contribution in [0, 0.1) is 5.92 Å². The molecular formula is C13H16O3. The van der Waals surface area contributed by atoms with Crippen molar-refractivity contribution in [1.82, 2.24) is 0 Å². The minimum atomic E-state index is -0.838. The second kappa shape index (κ2) is 5.35. The maximum Gasteiger partial charge on any atom is 0.306 e. The van der Waals surface area contributed by atoms with Crippen molar-refractivity contribution < 1.29 is 15.0 Å². The van der Waals surface area contributed by atoms with E-state index in [1.807, 2.05) is 6.07 Å². The van der Waals surface area contributed by atoms with Crippen LogP contribution in [-0.2, 0) is 4.79 Å². The standard InChI is InChI=1S/C13H16O3/c1-3-5-12(9(2)13(15)16)10-6-4-7-11(14)8-10/h3-4,6-9,12,14H,1,5H2,2H3,(H,15,16)/t9?,12-/m0/s1. The van der Waals surface area contributed by atoms with Gasteiger partial charge in [0.1, 0.15) is 5.75 Å². The van der Waals surface area contributed by atoms with Crippen LogP contribution >= 0.6 is 0 Å². The summed E-state index contributed by atoms with van der Waals surface area (Å²) in [5.41, 5.74) is 0.829. The number of allylic oxidation sites excluding steroid dienone is 1. The number of benzene rings is 1. The Bertz CT molecular complexity index is 385. The van der Waals surface area contributed by atoms with Gasteiger partial charge < -0.3 is 10.2 Å². The predicted molar refractivity (Wildman–Crippen MR) is 62.5 cm³/mol. The van der Waals surface area contributed by atoms with Crippen LogP contribution in [0.4, 0.5) is 0 Å². The summed E-state index contributed by atoms with van der Waals surface area (Å²) in [6, 6.07) is 6.72. The third-order valence-corrected chi connectivity index (χ3v) is 2.71. The maximum atomic E-state index is 11.0. The van der Waals surface area contributed by atoms with Gasteiger partial charge in [0.2, 0.25) is 0 Å². The minimum absolute atomic E-state index is 0.151. The van der Waals surface area contributed by atoms with Gasteiger partial charge in [-0.2, -0.15) is 0 Å². The highest BCUT2D eigenvalue weighted by atomic mass is 16.4. The highest BCUT2D eigenvalue weighted by Gasteiger charge is 2.24. The van der Waals surface area contributed by atoms with Crippen molar-refractivity contribution >= 4 is 5.97 Å². The molecule has 86 valence electrons. The van der Waals surface area contributed by atoms with E-state index in [2.05, 4.69) is 6.58 Å². The number of carboxylic acids is 1. The molecule has 16 heavy (non-hydrogen) atoms. The highest BCUT2D eigenvalue weighted by molar-refractivity contribution is 5.71. The van der Waals surface area contributed by atoms with E-state index in [9.17, 15) is 9.90 Å². The van der Waals surface area contributed by atoms with Crippen LogP contribution in [0.5, 0.6) is 5.75 Å². The van der Waals surface area contributed by atoms with Gasteiger partial charge in [0.15, 0.2) is 0 Å². The van der Waals surface area contributed by atoms with Crippen LogP contribution in [0.15, 0.2) is 36.9 Å². The fraction of sp³-hybridized carbons (Fsp3) is 0.308. The molecule has 3 heteroatoms. The average Bonchev–Trinajstić information content (AvgIpc) is 2.24. The molecule has 1 unspecified atom stereocenters. The Kier molecular flexibility index (Phi) is 4.11. The fourth-order valence-electron chi connectivity index (χ4n) is 1.74. The third kappa shape index (κ3) is 2.86. The van der Waals surface area contributed by atoms with E-state index in [0.29, 0.717) is 6.42 Å². The van der Waals surface area contributed by atoms with Gasteiger partial charge >= 0.3 is 5.97 Å². The van der Waals surface area contributed by atoms with Gasteiger partial charge in [-0.15, -0.1) is 6.58 Å². The quantitative estimate of drug-likeness (QED) is 0.750. The van der Waals surface area contributed by atoms with E-state index in [1.165, 1.54) is 0 Å². The SMILES string of the molecule is C=CC[C@H](c1cccc(O)c1)C(C)C(=O)O. The highest BCUT2D eigenvalue weighted by Crippen LogP contribution is 2.30. The monoisotopic (exact) mass is 220 g/mol. The first-order chi connectivity index (χ1) is 7.56. The molecule has 0 spiro atoms. The van der Waals surface area contributed by atoms with Crippen LogP contribution in [0.1, 0.15) is 24.8 Å². The lowest BCUT2D eigenvalue weighted by Gasteiger charge is -2.20. The van der Waals surface area contributed by atoms with Gasteiger partial charge in [0, 0.05) is 5.92 Å². The summed E-state index contributed by atoms with van der Waals surface area (Å²) >= 11 is 0. The van der Waals surface area contributed by atoms with E-state index in [-0.39, 0.29) is 11.7 Å². The number of carbonyl (C=O) groups is 1. The second-order valence-corrected chi connectivity index (χ2v) is 3.85. The van der Waals surface area contributed by atoms with Crippen molar-refractivity contribution in [1.29, 1.82) is 0 Å². The lowest BCUT2D eigenvalue weighted by atomic mass is 9.84. The van der Waals surface area contributed by atoms with Gasteiger partial charge in [-0.3, -0.25) is 4.79 Å². The molecule has 0 aromatic heterocycles. The lowest BCUT2D eigenvalue weighted by molar-refractivity contribution is -0.141. The largest absolute Gasteiger partial charge is 0.508 e. The maximum absolute atomic E-state index is 11.0. The van der Waals surface area contributed by atoms with Crippen LogP contribution in [0.2, 0.25) is 0 Å². The van der Waals surface area contributed by atoms with Gasteiger partial charge in [-0.05, 0) is 24.1 Å². The molecule has 1 aromatic rings. The van der Waals surface area contributed by atoms with Gasteiger partial charge in [-0.1, -0.05) is 25.1 Å². The van der Waals surface area contributed by atoms with Crippen molar-refractivity contribution in [2.75, 3.05) is 0 Å². The van der Waals surface area contributed by atoms with E-state index < -0.39 is 11.9 Å². The Balaban J connectivity index is 3.01. The molecule has 0 fully saturated rings. The molecule has 0 aliphatic rings. The van der Waals surface area contributed by atoms with Crippen molar-refractivity contribution in [2.45, 2.75) is 19.3 Å². The number of rotatable bonds is 5. The number of hydrogen-bond donors (Lipinski definition) is 2. The van der Waals surface area contributed by atoms with Gasteiger partial charge in [-0.25, -0.2) is 0 Å². The van der Waals surface area contributed by atoms with Crippen molar-refractivity contribution in [3.05, 3.63) is 42.5 Å². The average molecular weight is 220 g/mol. The summed E-state index contributed by atoms with van der Waals surface area (Å²) in [6.45, 7) is 5.30. The number of aliphatic carboxylic acids is 1. The zero-order valence-electron chi connectivity index (χ0n) is 9.26. The molecule has 0 bridgehead atoms.